The number of benzene rings is 1. The number of carbonyl (C=O) groups excluding carboxylic acids is 2. The molecule has 1 aromatic carbocycles. The van der Waals surface area contributed by atoms with Crippen LogP contribution in [0, 0.1) is 13.8 Å². The van der Waals surface area contributed by atoms with E-state index in [0.29, 0.717) is 15.6 Å². The smallest absolute Gasteiger partial charge is 0.349 e. The Morgan fingerprint density at radius 2 is 2.05 bits per heavy atom. The predicted octanol–water partition coefficient (Wildman–Crippen LogP) is 3.81. The highest BCUT2D eigenvalue weighted by Crippen LogP contribution is 2.23. The lowest BCUT2D eigenvalue weighted by molar-refractivity contribution is -0.119. The van der Waals surface area contributed by atoms with Gasteiger partial charge in [0.1, 0.15) is 4.88 Å². The molecule has 1 heterocycles. The van der Waals surface area contributed by atoms with Crippen molar-refractivity contribution >= 4 is 40.5 Å². The third-order valence-electron chi connectivity index (χ3n) is 2.92. The number of amides is 1. The van der Waals surface area contributed by atoms with Crippen LogP contribution in [0.1, 0.15) is 20.8 Å². The van der Waals surface area contributed by atoms with Gasteiger partial charge in [-0.25, -0.2) is 4.79 Å². The Balaban J connectivity index is 1.92. The minimum atomic E-state index is -0.486. The first-order valence-electron chi connectivity index (χ1n) is 6.25. The number of nitrogens with one attached hydrogen (secondary N) is 1. The van der Waals surface area contributed by atoms with E-state index in [-0.39, 0.29) is 6.61 Å². The van der Waals surface area contributed by atoms with Gasteiger partial charge in [-0.15, -0.1) is 11.3 Å². The molecule has 21 heavy (non-hydrogen) atoms. The molecule has 1 N–H and O–H groups in total. The second-order valence-electron chi connectivity index (χ2n) is 4.47. The van der Waals surface area contributed by atoms with E-state index in [0.717, 1.165) is 11.1 Å². The van der Waals surface area contributed by atoms with Crippen molar-refractivity contribution in [2.75, 3.05) is 11.9 Å². The van der Waals surface area contributed by atoms with Gasteiger partial charge < -0.3 is 10.1 Å². The summed E-state index contributed by atoms with van der Waals surface area (Å²) in [6.45, 7) is 3.30. The zero-order valence-electron chi connectivity index (χ0n) is 11.6. The van der Waals surface area contributed by atoms with Crippen LogP contribution in [0.25, 0.3) is 0 Å². The molecule has 1 amide bonds. The number of thiophene rings is 1. The summed E-state index contributed by atoms with van der Waals surface area (Å²) in [5.74, 6) is -0.886. The lowest BCUT2D eigenvalue weighted by Crippen LogP contribution is -2.21. The monoisotopic (exact) mass is 323 g/mol. The first-order valence-corrected chi connectivity index (χ1v) is 7.51. The first-order chi connectivity index (χ1) is 9.99. The van der Waals surface area contributed by atoms with Gasteiger partial charge in [0, 0.05) is 10.7 Å². The molecule has 0 atom stereocenters. The van der Waals surface area contributed by atoms with Gasteiger partial charge >= 0.3 is 5.97 Å². The van der Waals surface area contributed by atoms with E-state index >= 15 is 0 Å². The van der Waals surface area contributed by atoms with Gasteiger partial charge in [-0.05, 0) is 48.6 Å². The highest BCUT2D eigenvalue weighted by molar-refractivity contribution is 7.12. The summed E-state index contributed by atoms with van der Waals surface area (Å²) in [6, 6.07) is 7.05. The van der Waals surface area contributed by atoms with E-state index in [9.17, 15) is 9.59 Å². The van der Waals surface area contributed by atoms with Crippen LogP contribution in [-0.2, 0) is 9.53 Å². The zero-order valence-corrected chi connectivity index (χ0v) is 13.2. The molecule has 6 heteroatoms. The Kier molecular flexibility index (Phi) is 4.98. The van der Waals surface area contributed by atoms with Crippen molar-refractivity contribution in [3.05, 3.63) is 50.7 Å². The average molecular weight is 324 g/mol. The Morgan fingerprint density at radius 1 is 1.29 bits per heavy atom. The fourth-order valence-electron chi connectivity index (χ4n) is 1.71. The Morgan fingerprint density at radius 3 is 2.71 bits per heavy atom. The lowest BCUT2D eigenvalue weighted by atomic mass is 10.2. The van der Waals surface area contributed by atoms with E-state index in [2.05, 4.69) is 5.32 Å². The highest BCUT2D eigenvalue weighted by Gasteiger charge is 2.14. The average Bonchev–Trinajstić information content (AvgIpc) is 2.87. The van der Waals surface area contributed by atoms with Gasteiger partial charge in [-0.3, -0.25) is 4.79 Å². The molecule has 1 aromatic heterocycles. The van der Waals surface area contributed by atoms with E-state index in [1.165, 1.54) is 11.3 Å². The zero-order chi connectivity index (χ0) is 15.4. The molecular formula is C15H14ClNO3S. The SMILES string of the molecule is Cc1ccsc1C(=O)OCC(=O)Nc1cccc(Cl)c1C. The fourth-order valence-corrected chi connectivity index (χ4v) is 2.70. The number of aryl methyl sites for hydroxylation is 1. The molecule has 0 radical (unpaired) electrons. The van der Waals surface area contributed by atoms with Crippen LogP contribution in [0.4, 0.5) is 5.69 Å². The minimum Gasteiger partial charge on any atom is -0.451 e. The normalized spacial score (nSPS) is 10.2. The lowest BCUT2D eigenvalue weighted by Gasteiger charge is -2.09. The second-order valence-corrected chi connectivity index (χ2v) is 5.79. The molecule has 0 bridgehead atoms. The maximum atomic E-state index is 11.8. The summed E-state index contributed by atoms with van der Waals surface area (Å²) >= 11 is 7.27. The van der Waals surface area contributed by atoms with Crippen LogP contribution in [-0.4, -0.2) is 18.5 Å². The summed E-state index contributed by atoms with van der Waals surface area (Å²) in [4.78, 5) is 24.1. The molecule has 0 fully saturated rings. The van der Waals surface area contributed by atoms with Gasteiger partial charge in [-0.2, -0.15) is 0 Å². The quantitative estimate of drug-likeness (QED) is 0.870. The van der Waals surface area contributed by atoms with Crippen molar-refractivity contribution < 1.29 is 14.3 Å². The maximum Gasteiger partial charge on any atom is 0.349 e. The summed E-state index contributed by atoms with van der Waals surface area (Å²) in [6.07, 6.45) is 0. The Labute approximate surface area is 131 Å². The molecule has 0 saturated carbocycles. The highest BCUT2D eigenvalue weighted by atomic mass is 35.5. The standard InChI is InChI=1S/C15H14ClNO3S/c1-9-6-7-21-14(9)15(19)20-8-13(18)17-12-5-3-4-11(16)10(12)2/h3-7H,8H2,1-2H3,(H,17,18). The molecule has 4 nitrogen and oxygen atoms in total. The van der Waals surface area contributed by atoms with Gasteiger partial charge in [0.2, 0.25) is 0 Å². The van der Waals surface area contributed by atoms with Crippen LogP contribution in [0.15, 0.2) is 29.6 Å². The van der Waals surface area contributed by atoms with Crippen LogP contribution in [0.5, 0.6) is 0 Å². The Hall–Kier alpha value is -1.85. The van der Waals surface area contributed by atoms with Gasteiger partial charge in [0.25, 0.3) is 5.91 Å². The van der Waals surface area contributed by atoms with Crippen LogP contribution in [0.3, 0.4) is 0 Å². The number of carbonyl (C=O) groups is 2. The molecule has 0 saturated heterocycles. The minimum absolute atomic E-state index is 0.331. The molecule has 2 aromatic rings. The van der Waals surface area contributed by atoms with E-state index in [1.807, 2.05) is 13.0 Å². The molecule has 2 rings (SSSR count). The molecule has 0 spiro atoms. The van der Waals surface area contributed by atoms with E-state index in [4.69, 9.17) is 16.3 Å². The number of hydrogen-bond acceptors (Lipinski definition) is 4. The van der Waals surface area contributed by atoms with Crippen molar-refractivity contribution in [1.29, 1.82) is 0 Å². The van der Waals surface area contributed by atoms with Crippen LogP contribution >= 0.6 is 22.9 Å². The van der Waals surface area contributed by atoms with Crippen molar-refractivity contribution in [1.82, 2.24) is 0 Å². The van der Waals surface area contributed by atoms with Crippen LogP contribution in [0.2, 0.25) is 5.02 Å². The van der Waals surface area contributed by atoms with Crippen molar-refractivity contribution in [3.63, 3.8) is 0 Å². The maximum absolute atomic E-state index is 11.8. The molecule has 0 unspecified atom stereocenters. The van der Waals surface area contributed by atoms with Crippen molar-refractivity contribution in [2.24, 2.45) is 0 Å². The summed E-state index contributed by atoms with van der Waals surface area (Å²) in [5.41, 5.74) is 2.22. The third-order valence-corrected chi connectivity index (χ3v) is 4.33. The van der Waals surface area contributed by atoms with Crippen molar-refractivity contribution in [3.8, 4) is 0 Å². The fraction of sp³-hybridized carbons (Fsp3) is 0.200. The number of ether oxygens (including phenoxy) is 1. The number of halogens is 1. The number of esters is 1. The molecule has 110 valence electrons. The van der Waals surface area contributed by atoms with Crippen LogP contribution < -0.4 is 5.32 Å². The molecular weight excluding hydrogens is 310 g/mol. The summed E-state index contributed by atoms with van der Waals surface area (Å²) < 4.78 is 5.00. The van der Waals surface area contributed by atoms with Gasteiger partial charge in [-0.1, -0.05) is 17.7 Å². The summed E-state index contributed by atoms with van der Waals surface area (Å²) in [5, 5.41) is 5.04. The number of rotatable bonds is 4. The first kappa shape index (κ1) is 15.5. The van der Waals surface area contributed by atoms with E-state index < -0.39 is 11.9 Å². The molecule has 0 aliphatic rings. The Bertz CT molecular complexity index is 681. The van der Waals surface area contributed by atoms with Crippen molar-refractivity contribution in [2.45, 2.75) is 13.8 Å². The second kappa shape index (κ2) is 6.74. The molecule has 0 aliphatic carbocycles. The molecule has 0 aliphatic heterocycles. The predicted molar refractivity (Wildman–Crippen MR) is 84.2 cm³/mol. The van der Waals surface area contributed by atoms with Gasteiger partial charge in [0.15, 0.2) is 6.61 Å². The number of anilines is 1. The van der Waals surface area contributed by atoms with E-state index in [1.54, 1.807) is 30.5 Å². The van der Waals surface area contributed by atoms with Gasteiger partial charge in [0.05, 0.1) is 0 Å². The topological polar surface area (TPSA) is 55.4 Å². The third kappa shape index (κ3) is 3.83. The largest absolute Gasteiger partial charge is 0.451 e. The number of hydrogen-bond donors (Lipinski definition) is 1. The summed E-state index contributed by atoms with van der Waals surface area (Å²) in [7, 11) is 0.